The van der Waals surface area contributed by atoms with Crippen LogP contribution < -0.4 is 11.1 Å². The van der Waals surface area contributed by atoms with Crippen LogP contribution in [0, 0.1) is 0 Å². The van der Waals surface area contributed by atoms with Gasteiger partial charge in [0, 0.05) is 11.7 Å². The summed E-state index contributed by atoms with van der Waals surface area (Å²) in [5.74, 6) is 0.234. The number of hydrogen-bond donors (Lipinski definition) is 3. The van der Waals surface area contributed by atoms with Gasteiger partial charge in [0.2, 0.25) is 0 Å². The summed E-state index contributed by atoms with van der Waals surface area (Å²) < 4.78 is 0. The van der Waals surface area contributed by atoms with Crippen molar-refractivity contribution in [2.75, 3.05) is 11.1 Å². The van der Waals surface area contributed by atoms with Crippen molar-refractivity contribution in [3.05, 3.63) is 18.2 Å². The van der Waals surface area contributed by atoms with Crippen molar-refractivity contribution in [2.24, 2.45) is 0 Å². The lowest BCUT2D eigenvalue weighted by molar-refractivity contribution is 0.477. The van der Waals surface area contributed by atoms with Crippen molar-refractivity contribution >= 4 is 11.4 Å². The Morgan fingerprint density at radius 1 is 1.42 bits per heavy atom. The zero-order chi connectivity index (χ0) is 9.14. The monoisotopic (exact) mass is 166 g/mol. The Hall–Kier alpha value is -1.38. The van der Waals surface area contributed by atoms with Crippen molar-refractivity contribution in [1.29, 1.82) is 0 Å². The number of phenolic OH excluding ortho intramolecular Hbond substituents is 1. The molecule has 12 heavy (non-hydrogen) atoms. The van der Waals surface area contributed by atoms with Crippen LogP contribution in [0.25, 0.3) is 0 Å². The summed E-state index contributed by atoms with van der Waals surface area (Å²) in [4.78, 5) is 0. The first kappa shape index (κ1) is 8.71. The van der Waals surface area contributed by atoms with Crippen molar-refractivity contribution < 1.29 is 5.11 Å². The topological polar surface area (TPSA) is 58.3 Å². The van der Waals surface area contributed by atoms with Crippen LogP contribution in [0.4, 0.5) is 11.4 Å². The number of rotatable bonds is 2. The van der Waals surface area contributed by atoms with Crippen molar-refractivity contribution in [1.82, 2.24) is 0 Å². The lowest BCUT2D eigenvalue weighted by Crippen LogP contribution is -2.09. The van der Waals surface area contributed by atoms with Gasteiger partial charge in [0.05, 0.1) is 5.69 Å². The molecule has 0 radical (unpaired) electrons. The first-order valence-corrected chi connectivity index (χ1v) is 3.94. The minimum atomic E-state index is 0.234. The number of nitrogens with one attached hydrogen (secondary N) is 1. The quantitative estimate of drug-likeness (QED) is 0.356. The summed E-state index contributed by atoms with van der Waals surface area (Å²) in [6.45, 7) is 4.01. The normalized spacial score (nSPS) is 10.2. The summed E-state index contributed by atoms with van der Waals surface area (Å²) in [5, 5.41) is 12.4. The predicted octanol–water partition coefficient (Wildman–Crippen LogP) is 1.79. The molecule has 4 N–H and O–H groups in total. The van der Waals surface area contributed by atoms with Gasteiger partial charge in [-0.1, -0.05) is 0 Å². The van der Waals surface area contributed by atoms with Gasteiger partial charge in [-0.25, -0.2) is 0 Å². The van der Waals surface area contributed by atoms with Gasteiger partial charge in [-0.05, 0) is 32.0 Å². The Kier molecular flexibility index (Phi) is 2.43. The molecule has 0 unspecified atom stereocenters. The number of benzene rings is 1. The number of hydrogen-bond acceptors (Lipinski definition) is 3. The van der Waals surface area contributed by atoms with Crippen LogP contribution in [0.5, 0.6) is 5.75 Å². The molecular formula is C9H14N2O. The molecule has 1 rings (SSSR count). The van der Waals surface area contributed by atoms with Crippen molar-refractivity contribution in [2.45, 2.75) is 19.9 Å². The SMILES string of the molecule is CC(C)Nc1cc(N)ccc1O. The molecule has 0 aromatic heterocycles. The van der Waals surface area contributed by atoms with Gasteiger partial charge < -0.3 is 16.2 Å². The zero-order valence-electron chi connectivity index (χ0n) is 7.33. The minimum absolute atomic E-state index is 0.234. The Bertz CT molecular complexity index is 271. The standard InChI is InChI=1S/C9H14N2O/c1-6(2)11-8-5-7(10)3-4-9(8)12/h3-6,11-12H,10H2,1-2H3. The van der Waals surface area contributed by atoms with Crippen LogP contribution in [-0.4, -0.2) is 11.1 Å². The number of nitrogen functional groups attached to an aromatic ring is 1. The van der Waals surface area contributed by atoms with Crippen LogP contribution >= 0.6 is 0 Å². The van der Waals surface area contributed by atoms with E-state index in [9.17, 15) is 5.11 Å². The smallest absolute Gasteiger partial charge is 0.138 e. The molecule has 1 aromatic rings. The van der Waals surface area contributed by atoms with Crippen molar-refractivity contribution in [3.63, 3.8) is 0 Å². The molecule has 0 aliphatic carbocycles. The molecule has 0 fully saturated rings. The van der Waals surface area contributed by atoms with Crippen LogP contribution in [0.2, 0.25) is 0 Å². The van der Waals surface area contributed by atoms with E-state index in [0.29, 0.717) is 11.4 Å². The summed E-state index contributed by atoms with van der Waals surface area (Å²) in [6, 6.07) is 5.26. The lowest BCUT2D eigenvalue weighted by atomic mass is 10.2. The van der Waals surface area contributed by atoms with E-state index in [-0.39, 0.29) is 11.8 Å². The first-order valence-electron chi connectivity index (χ1n) is 3.94. The van der Waals surface area contributed by atoms with Gasteiger partial charge in [-0.2, -0.15) is 0 Å². The second kappa shape index (κ2) is 3.34. The maximum Gasteiger partial charge on any atom is 0.138 e. The lowest BCUT2D eigenvalue weighted by Gasteiger charge is -2.11. The predicted molar refractivity (Wildman–Crippen MR) is 51.3 cm³/mol. The highest BCUT2D eigenvalue weighted by atomic mass is 16.3. The second-order valence-corrected chi connectivity index (χ2v) is 3.08. The van der Waals surface area contributed by atoms with E-state index in [1.807, 2.05) is 13.8 Å². The average Bonchev–Trinajstić information content (AvgIpc) is 1.96. The van der Waals surface area contributed by atoms with Crippen LogP contribution in [0.15, 0.2) is 18.2 Å². The Morgan fingerprint density at radius 2 is 2.08 bits per heavy atom. The largest absolute Gasteiger partial charge is 0.506 e. The highest BCUT2D eigenvalue weighted by Crippen LogP contribution is 2.25. The third kappa shape index (κ3) is 2.05. The van der Waals surface area contributed by atoms with E-state index < -0.39 is 0 Å². The van der Waals surface area contributed by atoms with E-state index in [0.717, 1.165) is 0 Å². The van der Waals surface area contributed by atoms with Crippen LogP contribution in [0.1, 0.15) is 13.8 Å². The fourth-order valence-electron chi connectivity index (χ4n) is 0.980. The minimum Gasteiger partial charge on any atom is -0.506 e. The molecule has 0 aliphatic rings. The van der Waals surface area contributed by atoms with Gasteiger partial charge in [-0.3, -0.25) is 0 Å². The molecule has 0 bridgehead atoms. The molecule has 66 valence electrons. The second-order valence-electron chi connectivity index (χ2n) is 3.08. The molecule has 1 aromatic carbocycles. The molecule has 0 saturated carbocycles. The van der Waals surface area contributed by atoms with Crippen molar-refractivity contribution in [3.8, 4) is 5.75 Å². The summed E-state index contributed by atoms with van der Waals surface area (Å²) in [7, 11) is 0. The third-order valence-electron chi connectivity index (χ3n) is 1.46. The summed E-state index contributed by atoms with van der Waals surface area (Å²) in [6.07, 6.45) is 0. The number of phenols is 1. The molecule has 0 spiro atoms. The zero-order valence-corrected chi connectivity index (χ0v) is 7.33. The Balaban J connectivity index is 2.90. The molecule has 0 atom stereocenters. The van der Waals surface area contributed by atoms with E-state index >= 15 is 0 Å². The third-order valence-corrected chi connectivity index (χ3v) is 1.46. The number of nitrogens with two attached hydrogens (primary N) is 1. The molecule has 0 amide bonds. The fraction of sp³-hybridized carbons (Fsp3) is 0.333. The van der Waals surface area contributed by atoms with E-state index in [1.54, 1.807) is 18.2 Å². The van der Waals surface area contributed by atoms with E-state index in [1.165, 1.54) is 0 Å². The molecule has 0 aliphatic heterocycles. The van der Waals surface area contributed by atoms with Gasteiger partial charge in [0.1, 0.15) is 5.75 Å². The van der Waals surface area contributed by atoms with Gasteiger partial charge in [0.15, 0.2) is 0 Å². The molecular weight excluding hydrogens is 152 g/mol. The van der Waals surface area contributed by atoms with Gasteiger partial charge in [-0.15, -0.1) is 0 Å². The Labute approximate surface area is 72.2 Å². The Morgan fingerprint density at radius 3 is 2.67 bits per heavy atom. The summed E-state index contributed by atoms with van der Waals surface area (Å²) >= 11 is 0. The molecule has 0 heterocycles. The van der Waals surface area contributed by atoms with E-state index in [2.05, 4.69) is 5.32 Å². The van der Waals surface area contributed by atoms with Gasteiger partial charge in [0.25, 0.3) is 0 Å². The van der Waals surface area contributed by atoms with Crippen LogP contribution in [-0.2, 0) is 0 Å². The maximum absolute atomic E-state index is 9.37. The number of anilines is 2. The highest BCUT2D eigenvalue weighted by molar-refractivity contribution is 5.63. The average molecular weight is 166 g/mol. The fourth-order valence-corrected chi connectivity index (χ4v) is 0.980. The van der Waals surface area contributed by atoms with Crippen LogP contribution in [0.3, 0.4) is 0 Å². The number of aromatic hydroxyl groups is 1. The van der Waals surface area contributed by atoms with E-state index in [4.69, 9.17) is 5.73 Å². The molecule has 3 heteroatoms. The van der Waals surface area contributed by atoms with Gasteiger partial charge >= 0.3 is 0 Å². The first-order chi connectivity index (χ1) is 5.59. The molecule has 0 saturated heterocycles. The maximum atomic E-state index is 9.37. The molecule has 3 nitrogen and oxygen atoms in total. The summed E-state index contributed by atoms with van der Waals surface area (Å²) in [5.41, 5.74) is 6.89. The highest BCUT2D eigenvalue weighted by Gasteiger charge is 2.01.